The summed E-state index contributed by atoms with van der Waals surface area (Å²) in [4.78, 5) is 34.5. The van der Waals surface area contributed by atoms with Gasteiger partial charge in [-0.3, -0.25) is 9.59 Å². The Kier molecular flexibility index (Phi) is 6.20. The van der Waals surface area contributed by atoms with Crippen molar-refractivity contribution in [3.63, 3.8) is 0 Å². The standard InChI is InChI=1S/C23H30FN3O2/c1-15(13-23(2,3)4)10-21(28)27-9-8-19-18(14-27)22(29)26-20(25-19)12-16-6-5-7-17(24)11-16/h5-7,11,15H,8-10,12-14H2,1-4H3,(H,25,26,29)/t15-/m1/s1. The maximum absolute atomic E-state index is 13.4. The van der Waals surface area contributed by atoms with Gasteiger partial charge in [0.15, 0.2) is 0 Å². The molecule has 6 heteroatoms. The van der Waals surface area contributed by atoms with E-state index >= 15 is 0 Å². The summed E-state index contributed by atoms with van der Waals surface area (Å²) in [6, 6.07) is 6.28. The molecule has 0 saturated carbocycles. The van der Waals surface area contributed by atoms with E-state index in [9.17, 15) is 14.0 Å². The zero-order valence-corrected chi connectivity index (χ0v) is 17.7. The number of nitrogens with zero attached hydrogens (tertiary/aromatic N) is 2. The molecular weight excluding hydrogens is 369 g/mol. The molecule has 0 radical (unpaired) electrons. The Labute approximate surface area is 171 Å². The Morgan fingerprint density at radius 1 is 1.34 bits per heavy atom. The van der Waals surface area contributed by atoms with Crippen molar-refractivity contribution in [2.75, 3.05) is 6.54 Å². The molecule has 2 heterocycles. The van der Waals surface area contributed by atoms with Gasteiger partial charge in [0.2, 0.25) is 5.91 Å². The fourth-order valence-electron chi connectivity index (χ4n) is 4.16. The highest BCUT2D eigenvalue weighted by atomic mass is 19.1. The highest BCUT2D eigenvalue weighted by Crippen LogP contribution is 2.27. The molecular formula is C23H30FN3O2. The first-order valence-electron chi connectivity index (χ1n) is 10.2. The number of aromatic nitrogens is 2. The Hall–Kier alpha value is -2.50. The lowest BCUT2D eigenvalue weighted by atomic mass is 9.84. The lowest BCUT2D eigenvalue weighted by Crippen LogP contribution is -2.40. The molecule has 1 amide bonds. The number of amides is 1. The molecule has 0 fully saturated rings. The minimum absolute atomic E-state index is 0.0932. The SMILES string of the molecule is C[C@H](CC(=O)N1CCc2nc(Cc3cccc(F)c3)[nH]c(=O)c2C1)CC(C)(C)C. The second-order valence-electron chi connectivity index (χ2n) is 9.38. The highest BCUT2D eigenvalue weighted by Gasteiger charge is 2.26. The number of nitrogens with one attached hydrogen (secondary N) is 1. The van der Waals surface area contributed by atoms with Gasteiger partial charge in [-0.05, 0) is 35.4 Å². The Balaban J connectivity index is 1.69. The second-order valence-corrected chi connectivity index (χ2v) is 9.38. The number of H-pyrrole nitrogens is 1. The van der Waals surface area contributed by atoms with Crippen LogP contribution in [-0.2, 0) is 24.2 Å². The summed E-state index contributed by atoms with van der Waals surface area (Å²) in [5, 5.41) is 0. The molecule has 1 aromatic heterocycles. The van der Waals surface area contributed by atoms with Gasteiger partial charge in [0.05, 0.1) is 17.8 Å². The first-order valence-corrected chi connectivity index (χ1v) is 10.2. The number of carbonyl (C=O) groups is 1. The molecule has 0 bridgehead atoms. The normalized spacial score (nSPS) is 15.1. The summed E-state index contributed by atoms with van der Waals surface area (Å²) in [6.45, 7) is 9.52. The van der Waals surface area contributed by atoms with Crippen molar-refractivity contribution in [2.45, 2.75) is 59.9 Å². The van der Waals surface area contributed by atoms with Crippen molar-refractivity contribution in [1.29, 1.82) is 0 Å². The van der Waals surface area contributed by atoms with Gasteiger partial charge < -0.3 is 9.88 Å². The lowest BCUT2D eigenvalue weighted by Gasteiger charge is -2.30. The second kappa shape index (κ2) is 8.47. The minimum atomic E-state index is -0.308. The van der Waals surface area contributed by atoms with Gasteiger partial charge in [-0.2, -0.15) is 0 Å². The van der Waals surface area contributed by atoms with E-state index in [-0.39, 0.29) is 22.7 Å². The number of benzene rings is 1. The van der Waals surface area contributed by atoms with Crippen molar-refractivity contribution < 1.29 is 9.18 Å². The van der Waals surface area contributed by atoms with Crippen LogP contribution < -0.4 is 5.56 Å². The maximum Gasteiger partial charge on any atom is 0.256 e. The molecule has 0 unspecified atom stereocenters. The fraction of sp³-hybridized carbons (Fsp3) is 0.522. The van der Waals surface area contributed by atoms with Crippen LogP contribution in [0.15, 0.2) is 29.1 Å². The molecule has 29 heavy (non-hydrogen) atoms. The van der Waals surface area contributed by atoms with Crippen LogP contribution >= 0.6 is 0 Å². The van der Waals surface area contributed by atoms with Gasteiger partial charge in [0, 0.05) is 25.8 Å². The number of hydrogen-bond acceptors (Lipinski definition) is 3. The lowest BCUT2D eigenvalue weighted by molar-refractivity contribution is -0.133. The number of aromatic amines is 1. The first kappa shape index (κ1) is 21.2. The number of carbonyl (C=O) groups excluding carboxylic acids is 1. The van der Waals surface area contributed by atoms with Crippen LogP contribution in [0.1, 0.15) is 63.2 Å². The summed E-state index contributed by atoms with van der Waals surface area (Å²) in [5.41, 5.74) is 2.05. The Bertz CT molecular complexity index is 946. The van der Waals surface area contributed by atoms with Crippen LogP contribution in [-0.4, -0.2) is 27.3 Å². The van der Waals surface area contributed by atoms with Crippen LogP contribution in [0.5, 0.6) is 0 Å². The molecule has 5 nitrogen and oxygen atoms in total. The maximum atomic E-state index is 13.4. The molecule has 3 rings (SSSR count). The number of hydrogen-bond donors (Lipinski definition) is 1. The average Bonchev–Trinajstić information content (AvgIpc) is 2.59. The predicted octanol–water partition coefficient (Wildman–Crippen LogP) is 3.85. The molecule has 1 atom stereocenters. The molecule has 1 aromatic carbocycles. The van der Waals surface area contributed by atoms with Gasteiger partial charge in [-0.15, -0.1) is 0 Å². The van der Waals surface area contributed by atoms with E-state index in [0.29, 0.717) is 49.7 Å². The monoisotopic (exact) mass is 399 g/mol. The van der Waals surface area contributed by atoms with Gasteiger partial charge in [0.25, 0.3) is 5.56 Å². The van der Waals surface area contributed by atoms with E-state index in [0.717, 1.165) is 17.7 Å². The zero-order chi connectivity index (χ0) is 21.2. The molecule has 1 aliphatic heterocycles. The smallest absolute Gasteiger partial charge is 0.256 e. The van der Waals surface area contributed by atoms with Crippen molar-refractivity contribution in [3.8, 4) is 0 Å². The van der Waals surface area contributed by atoms with Crippen molar-refractivity contribution >= 4 is 5.91 Å². The third kappa shape index (κ3) is 5.75. The molecule has 156 valence electrons. The van der Waals surface area contributed by atoms with Gasteiger partial charge in [-0.25, -0.2) is 9.37 Å². The molecule has 0 saturated heterocycles. The minimum Gasteiger partial charge on any atom is -0.338 e. The predicted molar refractivity (Wildman–Crippen MR) is 111 cm³/mol. The van der Waals surface area contributed by atoms with Crippen LogP contribution in [0.25, 0.3) is 0 Å². The average molecular weight is 400 g/mol. The number of halogens is 1. The summed E-state index contributed by atoms with van der Waals surface area (Å²) < 4.78 is 13.4. The highest BCUT2D eigenvalue weighted by molar-refractivity contribution is 5.76. The number of fused-ring (bicyclic) bond motifs is 1. The zero-order valence-electron chi connectivity index (χ0n) is 17.7. The van der Waals surface area contributed by atoms with E-state index in [2.05, 4.69) is 37.7 Å². The van der Waals surface area contributed by atoms with Crippen LogP contribution in [0, 0.1) is 17.2 Å². The summed E-state index contributed by atoms with van der Waals surface area (Å²) in [7, 11) is 0. The molecule has 2 aromatic rings. The van der Waals surface area contributed by atoms with Gasteiger partial charge in [-0.1, -0.05) is 39.8 Å². The molecule has 1 aliphatic rings. The quantitative estimate of drug-likeness (QED) is 0.831. The summed E-state index contributed by atoms with van der Waals surface area (Å²) >= 11 is 0. The number of rotatable bonds is 5. The molecule has 1 N–H and O–H groups in total. The van der Waals surface area contributed by atoms with Gasteiger partial charge >= 0.3 is 0 Å². The summed E-state index contributed by atoms with van der Waals surface area (Å²) in [5.74, 6) is 0.611. The summed E-state index contributed by atoms with van der Waals surface area (Å²) in [6.07, 6.45) is 2.41. The van der Waals surface area contributed by atoms with Crippen LogP contribution in [0.3, 0.4) is 0 Å². The molecule has 0 aliphatic carbocycles. The van der Waals surface area contributed by atoms with E-state index in [1.165, 1.54) is 12.1 Å². The van der Waals surface area contributed by atoms with Crippen molar-refractivity contribution in [1.82, 2.24) is 14.9 Å². The third-order valence-corrected chi connectivity index (χ3v) is 5.21. The van der Waals surface area contributed by atoms with Crippen molar-refractivity contribution in [3.05, 3.63) is 63.1 Å². The van der Waals surface area contributed by atoms with Crippen LogP contribution in [0.2, 0.25) is 0 Å². The molecule has 0 spiro atoms. The Morgan fingerprint density at radius 3 is 2.79 bits per heavy atom. The van der Waals surface area contributed by atoms with E-state index in [1.54, 1.807) is 11.0 Å². The van der Waals surface area contributed by atoms with Gasteiger partial charge in [0.1, 0.15) is 11.6 Å². The van der Waals surface area contributed by atoms with E-state index < -0.39 is 0 Å². The Morgan fingerprint density at radius 2 is 2.10 bits per heavy atom. The topological polar surface area (TPSA) is 66.1 Å². The fourth-order valence-corrected chi connectivity index (χ4v) is 4.16. The van der Waals surface area contributed by atoms with Crippen LogP contribution in [0.4, 0.5) is 4.39 Å². The largest absolute Gasteiger partial charge is 0.338 e. The van der Waals surface area contributed by atoms with Crippen molar-refractivity contribution in [2.24, 2.45) is 11.3 Å². The third-order valence-electron chi connectivity index (χ3n) is 5.21. The first-order chi connectivity index (χ1) is 13.6. The van der Waals surface area contributed by atoms with E-state index in [1.807, 2.05) is 6.07 Å². The van der Waals surface area contributed by atoms with E-state index in [4.69, 9.17) is 0 Å².